The molecular formula is C36H31ClF5N5O4. The fraction of sp³-hybridized carbons (Fsp3) is 0.250. The third-order valence-corrected chi connectivity index (χ3v) is 8.75. The highest BCUT2D eigenvalue weighted by molar-refractivity contribution is 6.34. The smallest absolute Gasteiger partial charge is 0.416 e. The molecule has 15 heteroatoms. The summed E-state index contributed by atoms with van der Waals surface area (Å²) in [5.74, 6) is 0.229. The van der Waals surface area contributed by atoms with Crippen LogP contribution in [0.3, 0.4) is 0 Å². The summed E-state index contributed by atoms with van der Waals surface area (Å²) in [6, 6.07) is 19.6. The van der Waals surface area contributed by atoms with E-state index in [1.165, 1.54) is 30.3 Å². The molecule has 5 aromatic rings. The highest BCUT2D eigenvalue weighted by atomic mass is 35.5. The number of H-pyrrole nitrogens is 1. The third-order valence-electron chi connectivity index (χ3n) is 8.43. The van der Waals surface area contributed by atoms with Gasteiger partial charge in [-0.1, -0.05) is 23.7 Å². The lowest BCUT2D eigenvalue weighted by atomic mass is 10.1. The number of benzene rings is 3. The number of piperazine rings is 1. The Labute approximate surface area is 294 Å². The van der Waals surface area contributed by atoms with Crippen LogP contribution in [0.2, 0.25) is 5.02 Å². The van der Waals surface area contributed by atoms with E-state index in [0.717, 1.165) is 34.3 Å². The first-order valence-corrected chi connectivity index (χ1v) is 16.1. The summed E-state index contributed by atoms with van der Waals surface area (Å²) in [6.07, 6.45) is -2.99. The lowest BCUT2D eigenvalue weighted by Gasteiger charge is -2.34. The van der Waals surface area contributed by atoms with E-state index < -0.39 is 24.3 Å². The summed E-state index contributed by atoms with van der Waals surface area (Å²) in [7, 11) is 1.45. The first-order chi connectivity index (χ1) is 24.3. The quantitative estimate of drug-likeness (QED) is 0.148. The number of hydrogen-bond acceptors (Lipinski definition) is 6. The minimum atomic E-state index is -4.58. The van der Waals surface area contributed by atoms with Gasteiger partial charge in [-0.3, -0.25) is 14.5 Å². The summed E-state index contributed by atoms with van der Waals surface area (Å²) < 4.78 is 74.1. The van der Waals surface area contributed by atoms with E-state index in [9.17, 15) is 31.5 Å². The van der Waals surface area contributed by atoms with Gasteiger partial charge in [0.15, 0.2) is 0 Å². The number of carbonyl (C=O) groups excluding carboxylic acids is 2. The number of nitrogens with zero attached hydrogens (tertiary/aromatic N) is 4. The molecule has 1 fully saturated rings. The number of carbonyl (C=O) groups is 2. The van der Waals surface area contributed by atoms with E-state index in [4.69, 9.17) is 16.3 Å². The van der Waals surface area contributed by atoms with E-state index in [1.54, 1.807) is 36.4 Å². The molecule has 2 aromatic heterocycles. The number of halogens is 6. The Hall–Kier alpha value is -5.21. The Balaban J connectivity index is 1.01. The molecule has 1 aliphatic rings. The Morgan fingerprint density at radius 3 is 2.31 bits per heavy atom. The fourth-order valence-corrected chi connectivity index (χ4v) is 5.97. The average Bonchev–Trinajstić information content (AvgIpc) is 3.50. The van der Waals surface area contributed by atoms with Crippen molar-refractivity contribution in [2.24, 2.45) is 0 Å². The van der Waals surface area contributed by atoms with Gasteiger partial charge in [0.25, 0.3) is 5.91 Å². The molecule has 0 bridgehead atoms. The van der Waals surface area contributed by atoms with Crippen molar-refractivity contribution in [1.82, 2.24) is 19.8 Å². The van der Waals surface area contributed by atoms with Crippen LogP contribution in [0.1, 0.15) is 27.2 Å². The van der Waals surface area contributed by atoms with E-state index in [-0.39, 0.29) is 34.5 Å². The van der Waals surface area contributed by atoms with Crippen molar-refractivity contribution in [3.8, 4) is 17.4 Å². The van der Waals surface area contributed by atoms with Crippen molar-refractivity contribution >= 4 is 40.0 Å². The second-order valence-corrected chi connectivity index (χ2v) is 12.3. The maximum Gasteiger partial charge on any atom is 0.416 e. The third kappa shape index (κ3) is 8.75. The first kappa shape index (κ1) is 35.6. The first-order valence-electron chi connectivity index (χ1n) is 15.8. The van der Waals surface area contributed by atoms with Crippen LogP contribution >= 0.6 is 11.6 Å². The summed E-state index contributed by atoms with van der Waals surface area (Å²) in [4.78, 5) is 38.9. The van der Waals surface area contributed by atoms with Crippen LogP contribution in [0, 0.1) is 0 Å². The van der Waals surface area contributed by atoms with E-state index in [0.29, 0.717) is 50.2 Å². The van der Waals surface area contributed by atoms with Crippen molar-refractivity contribution in [2.45, 2.75) is 25.8 Å². The second kappa shape index (κ2) is 15.0. The number of alkyl halides is 5. The van der Waals surface area contributed by atoms with Gasteiger partial charge < -0.3 is 24.3 Å². The predicted octanol–water partition coefficient (Wildman–Crippen LogP) is 7.79. The number of aromatic amines is 1. The monoisotopic (exact) mass is 727 g/mol. The second-order valence-electron chi connectivity index (χ2n) is 11.9. The summed E-state index contributed by atoms with van der Waals surface area (Å²) >= 11 is 6.00. The molecule has 0 radical (unpaired) electrons. The fourth-order valence-electron chi connectivity index (χ4n) is 5.70. The van der Waals surface area contributed by atoms with Gasteiger partial charge in [0.2, 0.25) is 11.8 Å². The molecule has 0 spiro atoms. The molecule has 1 N–H and O–H groups in total. The standard InChI is InChI=1S/C36H31ClF5N5O4/c1-45(34(49)29-10-5-24(17-30(29)37)36(40,41)42)26-6-11-32(43-20-26)50-28-9-4-23-16-25(44-31(23)19-28)18-33(48)47-14-12-46(13-15-47)21-22-2-7-27(8-3-22)51-35(38)39/h2-11,16-17,19-20,35,44H,12-15,18,21H2,1H3. The number of ether oxygens (including phenoxy) is 2. The largest absolute Gasteiger partial charge is 0.439 e. The highest BCUT2D eigenvalue weighted by Gasteiger charge is 2.32. The van der Waals surface area contributed by atoms with E-state index in [2.05, 4.69) is 19.6 Å². The molecule has 2 amide bonds. The molecule has 51 heavy (non-hydrogen) atoms. The summed E-state index contributed by atoms with van der Waals surface area (Å²) in [5, 5.41) is 0.579. The minimum absolute atomic E-state index is 0.000451. The molecule has 266 valence electrons. The lowest BCUT2D eigenvalue weighted by Crippen LogP contribution is -2.48. The topological polar surface area (TPSA) is 91.0 Å². The molecule has 0 aliphatic carbocycles. The van der Waals surface area contributed by atoms with Gasteiger partial charge in [-0.2, -0.15) is 22.0 Å². The van der Waals surface area contributed by atoms with Gasteiger partial charge in [-0.05, 0) is 65.5 Å². The molecule has 1 saturated heterocycles. The zero-order chi connectivity index (χ0) is 36.3. The number of nitrogens with one attached hydrogen (secondary N) is 1. The number of hydrogen-bond donors (Lipinski definition) is 1. The van der Waals surface area contributed by atoms with Gasteiger partial charge in [0, 0.05) is 63.1 Å². The van der Waals surface area contributed by atoms with Crippen LogP contribution < -0.4 is 14.4 Å². The molecule has 9 nitrogen and oxygen atoms in total. The molecule has 3 aromatic carbocycles. The van der Waals surface area contributed by atoms with Gasteiger partial charge in [-0.15, -0.1) is 0 Å². The van der Waals surface area contributed by atoms with Crippen LogP contribution in [0.5, 0.6) is 17.4 Å². The Morgan fingerprint density at radius 1 is 0.941 bits per heavy atom. The van der Waals surface area contributed by atoms with Crippen LogP contribution in [0.25, 0.3) is 10.9 Å². The average molecular weight is 728 g/mol. The molecule has 1 aliphatic heterocycles. The van der Waals surface area contributed by atoms with E-state index in [1.807, 2.05) is 17.0 Å². The predicted molar refractivity (Wildman–Crippen MR) is 180 cm³/mol. The number of aromatic nitrogens is 2. The van der Waals surface area contributed by atoms with Crippen molar-refractivity contribution in [1.29, 1.82) is 0 Å². The van der Waals surface area contributed by atoms with Crippen LogP contribution in [-0.2, 0) is 23.9 Å². The maximum atomic E-state index is 13.1. The summed E-state index contributed by atoms with van der Waals surface area (Å²) in [5.41, 5.74) is 1.82. The van der Waals surface area contributed by atoms with Crippen LogP contribution in [0.4, 0.5) is 27.6 Å². The Bertz CT molecular complexity index is 2010. The number of fused-ring (bicyclic) bond motifs is 1. The van der Waals surface area contributed by atoms with Gasteiger partial charge >= 0.3 is 12.8 Å². The van der Waals surface area contributed by atoms with Crippen LogP contribution in [-0.4, -0.2) is 71.4 Å². The molecule has 0 atom stereocenters. The van der Waals surface area contributed by atoms with Crippen LogP contribution in [0.15, 0.2) is 85.1 Å². The SMILES string of the molecule is CN(C(=O)c1ccc(C(F)(F)F)cc1Cl)c1ccc(Oc2ccc3cc(CC(=O)N4CCN(Cc5ccc(OC(F)F)cc5)CC4)[nH]c3c2)nc1. The highest BCUT2D eigenvalue weighted by Crippen LogP contribution is 2.33. The Kier molecular flexibility index (Phi) is 10.4. The number of amides is 2. The van der Waals surface area contributed by atoms with Gasteiger partial charge in [-0.25, -0.2) is 4.98 Å². The molecule has 0 unspecified atom stereocenters. The van der Waals surface area contributed by atoms with Crippen molar-refractivity contribution < 1.29 is 41.0 Å². The van der Waals surface area contributed by atoms with Gasteiger partial charge in [0.1, 0.15) is 11.5 Å². The zero-order valence-corrected chi connectivity index (χ0v) is 27.8. The van der Waals surface area contributed by atoms with Gasteiger partial charge in [0.05, 0.1) is 34.5 Å². The van der Waals surface area contributed by atoms with E-state index >= 15 is 0 Å². The maximum absolute atomic E-state index is 13.1. The molecule has 0 saturated carbocycles. The lowest BCUT2D eigenvalue weighted by molar-refractivity contribution is -0.137. The molecule has 6 rings (SSSR count). The minimum Gasteiger partial charge on any atom is -0.439 e. The number of pyridine rings is 1. The summed E-state index contributed by atoms with van der Waals surface area (Å²) in [6.45, 7) is 0.288. The molecular weight excluding hydrogens is 697 g/mol. The Morgan fingerprint density at radius 2 is 1.67 bits per heavy atom. The number of anilines is 1. The number of rotatable bonds is 10. The molecule has 3 heterocycles. The van der Waals surface area contributed by atoms with Crippen molar-refractivity contribution in [3.63, 3.8) is 0 Å². The normalized spacial score (nSPS) is 13.8. The van der Waals surface area contributed by atoms with Crippen molar-refractivity contribution in [2.75, 3.05) is 38.1 Å². The zero-order valence-electron chi connectivity index (χ0n) is 27.1. The van der Waals surface area contributed by atoms with Crippen molar-refractivity contribution in [3.05, 3.63) is 112 Å².